The van der Waals surface area contributed by atoms with E-state index >= 15 is 0 Å². The molecule has 3 aromatic rings. The summed E-state index contributed by atoms with van der Waals surface area (Å²) >= 11 is 0. The van der Waals surface area contributed by atoms with Gasteiger partial charge in [0.15, 0.2) is 11.0 Å². The van der Waals surface area contributed by atoms with Gasteiger partial charge in [-0.05, 0) is 42.7 Å². The number of amides is 1. The van der Waals surface area contributed by atoms with Gasteiger partial charge in [-0.1, -0.05) is 44.4 Å². The van der Waals surface area contributed by atoms with E-state index in [1.54, 1.807) is 30.3 Å². The zero-order valence-electron chi connectivity index (χ0n) is 17.2. The van der Waals surface area contributed by atoms with Gasteiger partial charge in [0.2, 0.25) is 5.76 Å². The van der Waals surface area contributed by atoms with Crippen molar-refractivity contribution >= 4 is 28.5 Å². The normalized spacial score (nSPS) is 10.7. The number of para-hydroxylation sites is 1. The molecule has 156 valence electrons. The number of carbonyl (C=O) groups is 2. The summed E-state index contributed by atoms with van der Waals surface area (Å²) in [7, 11) is 1.20. The van der Waals surface area contributed by atoms with E-state index in [1.165, 1.54) is 31.9 Å². The van der Waals surface area contributed by atoms with Gasteiger partial charge in [-0.3, -0.25) is 9.59 Å². The molecule has 0 spiro atoms. The van der Waals surface area contributed by atoms with Crippen LogP contribution in [0.4, 0.5) is 5.69 Å². The minimum absolute atomic E-state index is 0.131. The number of rotatable bonds is 8. The molecule has 0 bridgehead atoms. The third-order valence-electron chi connectivity index (χ3n) is 4.92. The Morgan fingerprint density at radius 3 is 2.50 bits per heavy atom. The van der Waals surface area contributed by atoms with Crippen molar-refractivity contribution in [2.75, 3.05) is 12.4 Å². The van der Waals surface area contributed by atoms with E-state index in [-0.39, 0.29) is 28.1 Å². The number of ether oxygens (including phenoxy) is 1. The number of carbonyl (C=O) groups excluding carboxylic acids is 2. The molecule has 2 aromatic carbocycles. The molecule has 30 heavy (non-hydrogen) atoms. The molecular formula is C24H25NO5. The Balaban J connectivity index is 1.80. The summed E-state index contributed by atoms with van der Waals surface area (Å²) in [4.78, 5) is 36.8. The van der Waals surface area contributed by atoms with E-state index in [4.69, 9.17) is 4.42 Å². The molecule has 0 saturated carbocycles. The smallest absolute Gasteiger partial charge is 0.374 e. The van der Waals surface area contributed by atoms with Crippen LogP contribution in [0.2, 0.25) is 0 Å². The van der Waals surface area contributed by atoms with Crippen LogP contribution in [0.25, 0.3) is 11.0 Å². The van der Waals surface area contributed by atoms with Crippen LogP contribution in [0.5, 0.6) is 0 Å². The largest absolute Gasteiger partial charge is 0.463 e. The van der Waals surface area contributed by atoms with Crippen molar-refractivity contribution in [1.29, 1.82) is 0 Å². The van der Waals surface area contributed by atoms with Gasteiger partial charge in [-0.25, -0.2) is 4.79 Å². The molecule has 0 aliphatic heterocycles. The Morgan fingerprint density at radius 2 is 1.80 bits per heavy atom. The number of nitrogens with one attached hydrogen (secondary N) is 1. The zero-order chi connectivity index (χ0) is 21.5. The van der Waals surface area contributed by atoms with Gasteiger partial charge >= 0.3 is 5.97 Å². The second-order valence-corrected chi connectivity index (χ2v) is 7.11. The lowest BCUT2D eigenvalue weighted by Crippen LogP contribution is -2.14. The van der Waals surface area contributed by atoms with E-state index in [2.05, 4.69) is 17.0 Å². The van der Waals surface area contributed by atoms with Gasteiger partial charge in [0.25, 0.3) is 5.91 Å². The van der Waals surface area contributed by atoms with Crippen LogP contribution in [-0.2, 0) is 11.2 Å². The Hall–Kier alpha value is -3.41. The molecule has 0 unspecified atom stereocenters. The average molecular weight is 407 g/mol. The monoisotopic (exact) mass is 407 g/mol. The second-order valence-electron chi connectivity index (χ2n) is 7.11. The number of methoxy groups -OCH3 is 1. The van der Waals surface area contributed by atoms with Crippen molar-refractivity contribution < 1.29 is 18.7 Å². The standard InChI is InChI=1S/C24H25NO5/c1-3-4-5-6-8-16-11-13-17(14-12-16)23(27)25-19-10-7-9-18-20(26)15-21(24(28)29-2)30-22(18)19/h7,9-15H,3-6,8H2,1-2H3,(H,25,27). The number of esters is 1. The minimum atomic E-state index is -0.760. The fraction of sp³-hybridized carbons (Fsp3) is 0.292. The van der Waals surface area contributed by atoms with E-state index in [0.717, 1.165) is 18.9 Å². The number of anilines is 1. The molecule has 0 radical (unpaired) electrons. The SMILES string of the molecule is CCCCCCc1ccc(C(=O)Nc2cccc3c(=O)cc(C(=O)OC)oc23)cc1. The first kappa shape index (κ1) is 21.3. The molecule has 1 amide bonds. The van der Waals surface area contributed by atoms with E-state index in [9.17, 15) is 14.4 Å². The maximum atomic E-state index is 12.7. The molecule has 3 rings (SSSR count). The Bertz CT molecular complexity index is 1100. The van der Waals surface area contributed by atoms with Crippen LogP contribution in [0.3, 0.4) is 0 Å². The zero-order valence-corrected chi connectivity index (χ0v) is 17.2. The van der Waals surface area contributed by atoms with Crippen molar-refractivity contribution in [2.24, 2.45) is 0 Å². The summed E-state index contributed by atoms with van der Waals surface area (Å²) in [5, 5.41) is 3.03. The lowest BCUT2D eigenvalue weighted by Gasteiger charge is -2.09. The van der Waals surface area contributed by atoms with Gasteiger partial charge in [-0.15, -0.1) is 0 Å². The number of fused-ring (bicyclic) bond motifs is 1. The first-order valence-electron chi connectivity index (χ1n) is 10.1. The Kier molecular flexibility index (Phi) is 7.01. The van der Waals surface area contributed by atoms with Gasteiger partial charge in [0.1, 0.15) is 0 Å². The Labute approximate surface area is 174 Å². The molecule has 1 aromatic heterocycles. The molecule has 0 aliphatic rings. The number of benzene rings is 2. The highest BCUT2D eigenvalue weighted by molar-refractivity contribution is 6.08. The number of hydrogen-bond donors (Lipinski definition) is 1. The van der Waals surface area contributed by atoms with Crippen LogP contribution >= 0.6 is 0 Å². The van der Waals surface area contributed by atoms with Crippen LogP contribution in [0, 0.1) is 0 Å². The molecule has 1 heterocycles. The second kappa shape index (κ2) is 9.87. The quantitative estimate of drug-likeness (QED) is 0.422. The molecular weight excluding hydrogens is 382 g/mol. The fourth-order valence-electron chi connectivity index (χ4n) is 3.25. The van der Waals surface area contributed by atoms with Gasteiger partial charge in [0.05, 0.1) is 18.2 Å². The lowest BCUT2D eigenvalue weighted by molar-refractivity contribution is 0.0565. The van der Waals surface area contributed by atoms with Crippen LogP contribution in [-0.4, -0.2) is 19.0 Å². The predicted molar refractivity (Wildman–Crippen MR) is 116 cm³/mol. The highest BCUT2D eigenvalue weighted by Crippen LogP contribution is 2.23. The van der Waals surface area contributed by atoms with E-state index in [1.807, 2.05) is 12.1 Å². The van der Waals surface area contributed by atoms with Crippen molar-refractivity contribution in [3.05, 3.63) is 75.6 Å². The average Bonchev–Trinajstić information content (AvgIpc) is 2.77. The summed E-state index contributed by atoms with van der Waals surface area (Å²) in [6.45, 7) is 2.19. The summed E-state index contributed by atoms with van der Waals surface area (Å²) in [6.07, 6.45) is 5.77. The minimum Gasteiger partial charge on any atom is -0.463 e. The van der Waals surface area contributed by atoms with Crippen LogP contribution in [0.15, 0.2) is 57.7 Å². The lowest BCUT2D eigenvalue weighted by atomic mass is 10.0. The molecule has 0 aliphatic carbocycles. The molecule has 0 fully saturated rings. The van der Waals surface area contributed by atoms with Crippen LogP contribution < -0.4 is 10.7 Å². The van der Waals surface area contributed by atoms with Crippen LogP contribution in [0.1, 0.15) is 59.1 Å². The predicted octanol–water partition coefficient (Wildman–Crippen LogP) is 4.95. The third-order valence-corrected chi connectivity index (χ3v) is 4.92. The highest BCUT2D eigenvalue weighted by Gasteiger charge is 2.16. The van der Waals surface area contributed by atoms with Crippen molar-refractivity contribution in [3.8, 4) is 0 Å². The summed E-state index contributed by atoms with van der Waals surface area (Å²) < 4.78 is 10.2. The summed E-state index contributed by atoms with van der Waals surface area (Å²) in [5.74, 6) is -1.31. The highest BCUT2D eigenvalue weighted by atomic mass is 16.5. The number of hydrogen-bond acceptors (Lipinski definition) is 5. The van der Waals surface area contributed by atoms with Gasteiger partial charge in [0, 0.05) is 11.6 Å². The summed E-state index contributed by atoms with van der Waals surface area (Å²) in [5.41, 5.74) is 1.74. The topological polar surface area (TPSA) is 85.6 Å². The number of aryl methyl sites for hydroxylation is 1. The van der Waals surface area contributed by atoms with Crippen molar-refractivity contribution in [2.45, 2.75) is 39.0 Å². The molecule has 6 heteroatoms. The number of unbranched alkanes of at least 4 members (excludes halogenated alkanes) is 3. The summed E-state index contributed by atoms with van der Waals surface area (Å²) in [6, 6.07) is 13.4. The van der Waals surface area contributed by atoms with Gasteiger partial charge in [-0.2, -0.15) is 0 Å². The molecule has 1 N–H and O–H groups in total. The van der Waals surface area contributed by atoms with E-state index < -0.39 is 5.97 Å². The van der Waals surface area contributed by atoms with E-state index in [0.29, 0.717) is 11.3 Å². The first-order chi connectivity index (χ1) is 14.5. The first-order valence-corrected chi connectivity index (χ1v) is 10.1. The maximum Gasteiger partial charge on any atom is 0.374 e. The van der Waals surface area contributed by atoms with Crippen molar-refractivity contribution in [3.63, 3.8) is 0 Å². The van der Waals surface area contributed by atoms with Gasteiger partial charge < -0.3 is 14.5 Å². The maximum absolute atomic E-state index is 12.7. The van der Waals surface area contributed by atoms with Crippen molar-refractivity contribution in [1.82, 2.24) is 0 Å². The fourth-order valence-corrected chi connectivity index (χ4v) is 3.25. The third kappa shape index (κ3) is 4.95. The molecule has 6 nitrogen and oxygen atoms in total. The molecule has 0 atom stereocenters. The Morgan fingerprint density at radius 1 is 1.03 bits per heavy atom. The molecule has 0 saturated heterocycles.